The highest BCUT2D eigenvalue weighted by Gasteiger charge is 2.11. The molecule has 1 unspecified atom stereocenters. The van der Waals surface area contributed by atoms with E-state index >= 15 is 0 Å². The zero-order chi connectivity index (χ0) is 14.4. The first-order chi connectivity index (χ1) is 8.90. The van der Waals surface area contributed by atoms with Crippen LogP contribution < -0.4 is 5.73 Å². The first-order valence-electron chi connectivity index (χ1n) is 6.79. The molecule has 0 radical (unpaired) electrons. The summed E-state index contributed by atoms with van der Waals surface area (Å²) in [4.78, 5) is 2.34. The molecule has 0 spiro atoms. The molecule has 4 heteroatoms. The van der Waals surface area contributed by atoms with Crippen LogP contribution in [0.2, 0.25) is 5.02 Å². The Morgan fingerprint density at radius 1 is 1.26 bits per heavy atom. The summed E-state index contributed by atoms with van der Waals surface area (Å²) < 4.78 is 0.988. The summed E-state index contributed by atoms with van der Waals surface area (Å²) in [6.45, 7) is 6.63. The molecule has 0 heterocycles. The van der Waals surface area contributed by atoms with Gasteiger partial charge in [-0.15, -0.1) is 0 Å². The zero-order valence-corrected chi connectivity index (χ0v) is 14.3. The Bertz CT molecular complexity index is 396. The SMILES string of the molecule is CC(C)CCN(C)CCC(N)c1ccc(Br)cc1Cl. The normalized spacial score (nSPS) is 13.3. The van der Waals surface area contributed by atoms with Crippen molar-refractivity contribution in [2.45, 2.75) is 32.7 Å². The molecule has 0 amide bonds. The van der Waals surface area contributed by atoms with Crippen LogP contribution in [0.15, 0.2) is 22.7 Å². The standard InChI is InChI=1S/C15H24BrClN2/c1-11(2)6-8-19(3)9-7-15(18)13-5-4-12(16)10-14(13)17/h4-5,10-11,15H,6-9,18H2,1-3H3. The third kappa shape index (κ3) is 6.26. The maximum atomic E-state index is 6.22. The van der Waals surface area contributed by atoms with Crippen molar-refractivity contribution in [3.8, 4) is 0 Å². The van der Waals surface area contributed by atoms with E-state index in [1.165, 1.54) is 6.42 Å². The Morgan fingerprint density at radius 3 is 2.47 bits per heavy atom. The number of benzene rings is 1. The molecule has 2 nitrogen and oxygen atoms in total. The summed E-state index contributed by atoms with van der Waals surface area (Å²) >= 11 is 9.63. The van der Waals surface area contributed by atoms with Crippen molar-refractivity contribution >= 4 is 27.5 Å². The molecular weight excluding hydrogens is 324 g/mol. The van der Waals surface area contributed by atoms with Crippen molar-refractivity contribution in [2.75, 3.05) is 20.1 Å². The average Bonchev–Trinajstić information content (AvgIpc) is 2.33. The zero-order valence-electron chi connectivity index (χ0n) is 12.0. The monoisotopic (exact) mass is 346 g/mol. The Balaban J connectivity index is 2.44. The minimum absolute atomic E-state index is 0.00194. The van der Waals surface area contributed by atoms with Crippen molar-refractivity contribution in [3.05, 3.63) is 33.3 Å². The molecule has 1 rings (SSSR count). The molecule has 0 aliphatic heterocycles. The second-order valence-electron chi connectivity index (χ2n) is 5.55. The van der Waals surface area contributed by atoms with E-state index in [1.54, 1.807) is 0 Å². The van der Waals surface area contributed by atoms with Crippen LogP contribution in [0, 0.1) is 5.92 Å². The van der Waals surface area contributed by atoms with Crippen LogP contribution in [-0.4, -0.2) is 25.0 Å². The lowest BCUT2D eigenvalue weighted by atomic mass is 10.0. The van der Waals surface area contributed by atoms with Crippen molar-refractivity contribution in [1.29, 1.82) is 0 Å². The van der Waals surface area contributed by atoms with Gasteiger partial charge in [0.1, 0.15) is 0 Å². The average molecular weight is 348 g/mol. The first-order valence-corrected chi connectivity index (χ1v) is 7.96. The van der Waals surface area contributed by atoms with Gasteiger partial charge in [0.2, 0.25) is 0 Å². The third-order valence-corrected chi connectivity index (χ3v) is 4.09. The number of halogens is 2. The van der Waals surface area contributed by atoms with Gasteiger partial charge in [-0.1, -0.05) is 47.4 Å². The number of hydrogen-bond donors (Lipinski definition) is 1. The Labute approximate surface area is 130 Å². The Hall–Kier alpha value is -0.0900. The largest absolute Gasteiger partial charge is 0.324 e. The second-order valence-corrected chi connectivity index (χ2v) is 6.87. The first kappa shape index (κ1) is 17.0. The quantitative estimate of drug-likeness (QED) is 0.788. The summed E-state index contributed by atoms with van der Waals surface area (Å²) in [5.41, 5.74) is 7.25. The summed E-state index contributed by atoms with van der Waals surface area (Å²) in [5.74, 6) is 0.747. The van der Waals surface area contributed by atoms with Crippen LogP contribution in [0.25, 0.3) is 0 Å². The second kappa shape index (κ2) is 8.25. The van der Waals surface area contributed by atoms with Crippen LogP contribution >= 0.6 is 27.5 Å². The van der Waals surface area contributed by atoms with E-state index in [2.05, 4.69) is 41.7 Å². The van der Waals surface area contributed by atoms with Crippen LogP contribution in [0.5, 0.6) is 0 Å². The molecule has 0 fully saturated rings. The predicted molar refractivity (Wildman–Crippen MR) is 87.6 cm³/mol. The van der Waals surface area contributed by atoms with Gasteiger partial charge in [-0.05, 0) is 56.6 Å². The van der Waals surface area contributed by atoms with E-state index in [4.69, 9.17) is 17.3 Å². The number of nitrogens with zero attached hydrogens (tertiary/aromatic N) is 1. The molecule has 1 aromatic carbocycles. The molecule has 1 aromatic rings. The van der Waals surface area contributed by atoms with E-state index < -0.39 is 0 Å². The smallest absolute Gasteiger partial charge is 0.0464 e. The van der Waals surface area contributed by atoms with Gasteiger partial charge in [0, 0.05) is 15.5 Å². The van der Waals surface area contributed by atoms with Crippen molar-refractivity contribution in [2.24, 2.45) is 11.7 Å². The van der Waals surface area contributed by atoms with Gasteiger partial charge >= 0.3 is 0 Å². The van der Waals surface area contributed by atoms with Gasteiger partial charge in [-0.2, -0.15) is 0 Å². The van der Waals surface area contributed by atoms with Crippen LogP contribution in [0.4, 0.5) is 0 Å². The molecule has 0 aliphatic carbocycles. The van der Waals surface area contributed by atoms with E-state index in [1.807, 2.05) is 18.2 Å². The van der Waals surface area contributed by atoms with Crippen molar-refractivity contribution in [3.63, 3.8) is 0 Å². The molecule has 0 aliphatic rings. The van der Waals surface area contributed by atoms with Gasteiger partial charge in [-0.3, -0.25) is 0 Å². The fraction of sp³-hybridized carbons (Fsp3) is 0.600. The topological polar surface area (TPSA) is 29.3 Å². The number of hydrogen-bond acceptors (Lipinski definition) is 2. The third-order valence-electron chi connectivity index (χ3n) is 3.27. The van der Waals surface area contributed by atoms with Gasteiger partial charge in [0.05, 0.1) is 0 Å². The highest BCUT2D eigenvalue weighted by molar-refractivity contribution is 9.10. The predicted octanol–water partition coefficient (Wildman–Crippen LogP) is 4.47. The summed E-state index contributed by atoms with van der Waals surface area (Å²) in [6.07, 6.45) is 2.15. The van der Waals surface area contributed by atoms with Crippen molar-refractivity contribution < 1.29 is 0 Å². The van der Waals surface area contributed by atoms with E-state index in [9.17, 15) is 0 Å². The van der Waals surface area contributed by atoms with Crippen LogP contribution in [0.1, 0.15) is 38.3 Å². The Morgan fingerprint density at radius 2 is 1.89 bits per heavy atom. The highest BCUT2D eigenvalue weighted by atomic mass is 79.9. The fourth-order valence-corrected chi connectivity index (χ4v) is 2.72. The lowest BCUT2D eigenvalue weighted by molar-refractivity contribution is 0.298. The lowest BCUT2D eigenvalue weighted by Crippen LogP contribution is -2.25. The van der Waals surface area contributed by atoms with E-state index in [-0.39, 0.29) is 6.04 Å². The summed E-state index contributed by atoms with van der Waals surface area (Å²) in [6, 6.07) is 5.90. The lowest BCUT2D eigenvalue weighted by Gasteiger charge is -2.21. The maximum absolute atomic E-state index is 6.22. The number of nitrogens with two attached hydrogens (primary N) is 1. The van der Waals surface area contributed by atoms with Gasteiger partial charge in [0.25, 0.3) is 0 Å². The van der Waals surface area contributed by atoms with Crippen LogP contribution in [-0.2, 0) is 0 Å². The molecule has 0 bridgehead atoms. The molecule has 1 atom stereocenters. The van der Waals surface area contributed by atoms with Crippen LogP contribution in [0.3, 0.4) is 0 Å². The molecule has 0 saturated heterocycles. The minimum Gasteiger partial charge on any atom is -0.324 e. The van der Waals surface area contributed by atoms with Gasteiger partial charge in [-0.25, -0.2) is 0 Å². The molecule has 2 N–H and O–H groups in total. The molecular formula is C15H24BrClN2. The Kier molecular flexibility index (Phi) is 7.37. The molecule has 19 heavy (non-hydrogen) atoms. The fourth-order valence-electron chi connectivity index (χ4n) is 1.91. The van der Waals surface area contributed by atoms with E-state index in [0.717, 1.165) is 40.5 Å². The number of rotatable bonds is 7. The van der Waals surface area contributed by atoms with E-state index in [0.29, 0.717) is 0 Å². The highest BCUT2D eigenvalue weighted by Crippen LogP contribution is 2.26. The van der Waals surface area contributed by atoms with Gasteiger partial charge in [0.15, 0.2) is 0 Å². The maximum Gasteiger partial charge on any atom is 0.0464 e. The molecule has 108 valence electrons. The van der Waals surface area contributed by atoms with Gasteiger partial charge < -0.3 is 10.6 Å². The minimum atomic E-state index is 0.00194. The van der Waals surface area contributed by atoms with Crippen molar-refractivity contribution in [1.82, 2.24) is 4.90 Å². The summed E-state index contributed by atoms with van der Waals surface area (Å²) in [7, 11) is 2.15. The molecule has 0 aromatic heterocycles. The summed E-state index contributed by atoms with van der Waals surface area (Å²) in [5, 5.41) is 0.742. The molecule has 0 saturated carbocycles.